The maximum atomic E-state index is 12.5. The van der Waals surface area contributed by atoms with Gasteiger partial charge in [-0.2, -0.15) is 0 Å². The Morgan fingerprint density at radius 3 is 2.15 bits per heavy atom. The predicted octanol–water partition coefficient (Wildman–Crippen LogP) is 3.33. The molecule has 2 N–H and O–H groups in total. The van der Waals surface area contributed by atoms with Crippen LogP contribution in [-0.4, -0.2) is 31.4 Å². The molecule has 1 aromatic carbocycles. The zero-order valence-corrected chi connectivity index (χ0v) is 15.4. The molecule has 3 rings (SSSR count). The van der Waals surface area contributed by atoms with Crippen LogP contribution in [-0.2, 0) is 9.59 Å². The lowest BCUT2D eigenvalue weighted by Gasteiger charge is -2.27. The summed E-state index contributed by atoms with van der Waals surface area (Å²) in [5.41, 5.74) is 2.08. The van der Waals surface area contributed by atoms with E-state index < -0.39 is 0 Å². The van der Waals surface area contributed by atoms with E-state index in [9.17, 15) is 9.59 Å². The van der Waals surface area contributed by atoms with Crippen LogP contribution in [0.4, 0.5) is 11.4 Å². The SMILES string of the molecule is C=CCNC(=O)C1CCC(C(=O)Nc2ccc(N3CCCC3)cc2)CC1. The second-order valence-electron chi connectivity index (χ2n) is 7.31. The Bertz CT molecular complexity index is 627. The van der Waals surface area contributed by atoms with Gasteiger partial charge in [0.25, 0.3) is 0 Å². The summed E-state index contributed by atoms with van der Waals surface area (Å²) in [6.45, 7) is 6.36. The molecule has 2 aliphatic rings. The lowest BCUT2D eigenvalue weighted by atomic mass is 9.81. The van der Waals surface area contributed by atoms with Gasteiger partial charge >= 0.3 is 0 Å². The molecule has 0 bridgehead atoms. The summed E-state index contributed by atoms with van der Waals surface area (Å²) in [5.74, 6) is 0.181. The summed E-state index contributed by atoms with van der Waals surface area (Å²) in [6.07, 6.45) is 7.28. The van der Waals surface area contributed by atoms with E-state index >= 15 is 0 Å². The van der Waals surface area contributed by atoms with Crippen molar-refractivity contribution < 1.29 is 9.59 Å². The number of nitrogens with one attached hydrogen (secondary N) is 2. The highest BCUT2D eigenvalue weighted by Gasteiger charge is 2.29. The highest BCUT2D eigenvalue weighted by atomic mass is 16.2. The van der Waals surface area contributed by atoms with Crippen molar-refractivity contribution >= 4 is 23.2 Å². The first-order valence-electron chi connectivity index (χ1n) is 9.72. The van der Waals surface area contributed by atoms with Crippen LogP contribution in [0.25, 0.3) is 0 Å². The van der Waals surface area contributed by atoms with Crippen LogP contribution >= 0.6 is 0 Å². The van der Waals surface area contributed by atoms with Crippen molar-refractivity contribution in [3.63, 3.8) is 0 Å². The highest BCUT2D eigenvalue weighted by Crippen LogP contribution is 2.30. The molecule has 1 saturated heterocycles. The third kappa shape index (κ3) is 4.65. The van der Waals surface area contributed by atoms with Crippen LogP contribution in [0.2, 0.25) is 0 Å². The van der Waals surface area contributed by atoms with E-state index in [1.54, 1.807) is 6.08 Å². The van der Waals surface area contributed by atoms with E-state index in [0.717, 1.165) is 44.5 Å². The van der Waals surface area contributed by atoms with Crippen molar-refractivity contribution in [1.82, 2.24) is 5.32 Å². The monoisotopic (exact) mass is 355 g/mol. The highest BCUT2D eigenvalue weighted by molar-refractivity contribution is 5.93. The van der Waals surface area contributed by atoms with E-state index in [4.69, 9.17) is 0 Å². The van der Waals surface area contributed by atoms with E-state index in [1.165, 1.54) is 18.5 Å². The molecule has 0 radical (unpaired) electrons. The Morgan fingerprint density at radius 1 is 1.00 bits per heavy atom. The number of hydrogen-bond donors (Lipinski definition) is 2. The zero-order chi connectivity index (χ0) is 18.4. The molecule has 5 heteroatoms. The first kappa shape index (κ1) is 18.5. The van der Waals surface area contributed by atoms with Gasteiger partial charge in [-0.3, -0.25) is 9.59 Å². The number of hydrogen-bond acceptors (Lipinski definition) is 3. The second kappa shape index (κ2) is 8.88. The molecular weight excluding hydrogens is 326 g/mol. The molecule has 0 atom stereocenters. The van der Waals surface area contributed by atoms with Gasteiger partial charge in [-0.15, -0.1) is 6.58 Å². The molecule has 1 aliphatic carbocycles. The second-order valence-corrected chi connectivity index (χ2v) is 7.31. The largest absolute Gasteiger partial charge is 0.372 e. The maximum absolute atomic E-state index is 12.5. The van der Waals surface area contributed by atoms with Gasteiger partial charge in [0.1, 0.15) is 0 Å². The van der Waals surface area contributed by atoms with Crippen molar-refractivity contribution in [2.24, 2.45) is 11.8 Å². The number of amides is 2. The first-order chi connectivity index (χ1) is 12.7. The van der Waals surface area contributed by atoms with E-state index in [0.29, 0.717) is 6.54 Å². The smallest absolute Gasteiger partial charge is 0.227 e. The Balaban J connectivity index is 1.46. The molecule has 1 saturated carbocycles. The Labute approximate surface area is 155 Å². The topological polar surface area (TPSA) is 61.4 Å². The van der Waals surface area contributed by atoms with Crippen molar-refractivity contribution in [2.75, 3.05) is 29.9 Å². The van der Waals surface area contributed by atoms with E-state index in [2.05, 4.69) is 34.2 Å². The molecule has 0 aromatic heterocycles. The average molecular weight is 355 g/mol. The van der Waals surface area contributed by atoms with Gasteiger partial charge in [-0.1, -0.05) is 6.08 Å². The Hall–Kier alpha value is -2.30. The van der Waals surface area contributed by atoms with Crippen LogP contribution in [0.5, 0.6) is 0 Å². The van der Waals surface area contributed by atoms with Crippen LogP contribution in [0, 0.1) is 11.8 Å². The molecule has 0 spiro atoms. The molecule has 5 nitrogen and oxygen atoms in total. The van der Waals surface area contributed by atoms with E-state index in [1.807, 2.05) is 12.1 Å². The minimum Gasteiger partial charge on any atom is -0.372 e. The summed E-state index contributed by atoms with van der Waals surface area (Å²) in [4.78, 5) is 26.9. The van der Waals surface area contributed by atoms with Crippen LogP contribution < -0.4 is 15.5 Å². The van der Waals surface area contributed by atoms with Crippen molar-refractivity contribution in [2.45, 2.75) is 38.5 Å². The fourth-order valence-electron chi connectivity index (χ4n) is 3.91. The predicted molar refractivity (Wildman–Crippen MR) is 105 cm³/mol. The number of anilines is 2. The van der Waals surface area contributed by atoms with Gasteiger partial charge in [0, 0.05) is 42.8 Å². The summed E-state index contributed by atoms with van der Waals surface area (Å²) in [6, 6.07) is 8.14. The molecule has 1 heterocycles. The minimum atomic E-state index is -0.00304. The van der Waals surface area contributed by atoms with Gasteiger partial charge in [0.05, 0.1) is 0 Å². The molecule has 1 aromatic rings. The Morgan fingerprint density at radius 2 is 1.58 bits per heavy atom. The molecule has 1 aliphatic heterocycles. The quantitative estimate of drug-likeness (QED) is 0.770. The van der Waals surface area contributed by atoms with Crippen LogP contribution in [0.1, 0.15) is 38.5 Å². The lowest BCUT2D eigenvalue weighted by Crippen LogP contribution is -2.35. The molecule has 26 heavy (non-hydrogen) atoms. The average Bonchev–Trinajstić information content (AvgIpc) is 3.21. The summed E-state index contributed by atoms with van der Waals surface area (Å²) in [5, 5.41) is 5.89. The van der Waals surface area contributed by atoms with Gasteiger partial charge in [0.15, 0.2) is 0 Å². The molecule has 140 valence electrons. The standard InChI is InChI=1S/C21H29N3O2/c1-2-13-22-20(25)16-5-7-17(8-6-16)21(26)23-18-9-11-19(12-10-18)24-14-3-4-15-24/h2,9-12,16-17H,1,3-8,13-15H2,(H,22,25)(H,23,26). The fraction of sp³-hybridized carbons (Fsp3) is 0.524. The molecular formula is C21H29N3O2. The van der Waals surface area contributed by atoms with Crippen LogP contribution in [0.15, 0.2) is 36.9 Å². The number of rotatable bonds is 6. The van der Waals surface area contributed by atoms with Gasteiger partial charge in [0.2, 0.25) is 11.8 Å². The molecule has 2 fully saturated rings. The fourth-order valence-corrected chi connectivity index (χ4v) is 3.91. The first-order valence-corrected chi connectivity index (χ1v) is 9.72. The normalized spacial score (nSPS) is 22.7. The number of benzene rings is 1. The van der Waals surface area contributed by atoms with Gasteiger partial charge in [-0.25, -0.2) is 0 Å². The molecule has 0 unspecified atom stereocenters. The number of nitrogens with zero attached hydrogens (tertiary/aromatic N) is 1. The van der Waals surface area contributed by atoms with Crippen LogP contribution in [0.3, 0.4) is 0 Å². The van der Waals surface area contributed by atoms with Crippen molar-refractivity contribution in [1.29, 1.82) is 0 Å². The summed E-state index contributed by atoms with van der Waals surface area (Å²) < 4.78 is 0. The van der Waals surface area contributed by atoms with Crippen molar-refractivity contribution in [3.05, 3.63) is 36.9 Å². The number of carbonyl (C=O) groups is 2. The van der Waals surface area contributed by atoms with Gasteiger partial charge < -0.3 is 15.5 Å². The third-order valence-electron chi connectivity index (χ3n) is 5.50. The number of carbonyl (C=O) groups excluding carboxylic acids is 2. The zero-order valence-electron chi connectivity index (χ0n) is 15.4. The Kier molecular flexibility index (Phi) is 6.31. The van der Waals surface area contributed by atoms with E-state index in [-0.39, 0.29) is 23.7 Å². The maximum Gasteiger partial charge on any atom is 0.227 e. The molecule has 2 amide bonds. The van der Waals surface area contributed by atoms with Gasteiger partial charge in [-0.05, 0) is 62.8 Å². The summed E-state index contributed by atoms with van der Waals surface area (Å²) >= 11 is 0. The third-order valence-corrected chi connectivity index (χ3v) is 5.50. The lowest BCUT2D eigenvalue weighted by molar-refractivity contribution is -0.128. The van der Waals surface area contributed by atoms with Crippen molar-refractivity contribution in [3.8, 4) is 0 Å². The summed E-state index contributed by atoms with van der Waals surface area (Å²) in [7, 11) is 0. The minimum absolute atomic E-state index is 0.00304.